The van der Waals surface area contributed by atoms with Crippen LogP contribution in [0.3, 0.4) is 0 Å². The van der Waals surface area contributed by atoms with E-state index in [0.717, 1.165) is 51.4 Å². The molecule has 0 aliphatic heterocycles. The fourth-order valence-corrected chi connectivity index (χ4v) is 6.38. The zero-order valence-corrected chi connectivity index (χ0v) is 39.1. The summed E-state index contributed by atoms with van der Waals surface area (Å²) in [4.78, 5) is 52.7. The summed E-state index contributed by atoms with van der Waals surface area (Å²) in [7, 11) is -9.75. The maximum absolute atomic E-state index is 12.7. The van der Waals surface area contributed by atoms with Gasteiger partial charge in [0.15, 0.2) is 6.10 Å². The molecule has 360 valence electrons. The number of aliphatic hydroxyl groups is 3. The number of allylic oxidation sites excluding steroid dienone is 12. The smallest absolute Gasteiger partial charge is 0.462 e. The van der Waals surface area contributed by atoms with E-state index in [-0.39, 0.29) is 12.8 Å². The number of hydrogen-bond acceptors (Lipinski definition) is 12. The third-order valence-corrected chi connectivity index (χ3v) is 10.1. The molecule has 0 aromatic carbocycles. The molecular weight excluding hydrogens is 854 g/mol. The average Bonchev–Trinajstić information content (AvgIpc) is 3.23. The summed E-state index contributed by atoms with van der Waals surface area (Å²) in [6.07, 6.45) is 40.4. The summed E-state index contributed by atoms with van der Waals surface area (Å²) in [6, 6.07) is 0. The highest BCUT2D eigenvalue weighted by Gasteiger charge is 2.28. The fraction of sp³-hybridized carbons (Fsp3) is 0.609. The molecule has 5 atom stereocenters. The molecule has 0 spiro atoms. The number of hydrogen-bond donors (Lipinski definition) is 6. The first-order valence-electron chi connectivity index (χ1n) is 22.1. The molecule has 1 unspecified atom stereocenters. The van der Waals surface area contributed by atoms with Crippen molar-refractivity contribution >= 4 is 27.6 Å². The van der Waals surface area contributed by atoms with E-state index < -0.39 is 78.4 Å². The number of carbonyl (C=O) groups is 2. The Labute approximate surface area is 375 Å². The SMILES string of the molecule is CC/C=C\C[C@@H](O)/C=C/C=C\C=C\[C@@H](O)C/C=C\C/C=C\CCC(=O)OC[C@H](COP(=O)(O)OC[C@@H](O)COP(=O)(O)O)OC(=O)CCCCCCC/C=C\C/C=C\CCCCC. The Balaban J connectivity index is 4.77. The second kappa shape index (κ2) is 40.5. The third-order valence-electron chi connectivity index (χ3n) is 8.63. The van der Waals surface area contributed by atoms with Crippen LogP contribution in [0.5, 0.6) is 0 Å². The zero-order valence-electron chi connectivity index (χ0n) is 37.4. The highest BCUT2D eigenvalue weighted by molar-refractivity contribution is 7.47. The Morgan fingerprint density at radius 2 is 1.06 bits per heavy atom. The number of phosphoric acid groups is 2. The van der Waals surface area contributed by atoms with Crippen LogP contribution in [0.4, 0.5) is 0 Å². The predicted molar refractivity (Wildman–Crippen MR) is 246 cm³/mol. The molecule has 0 aromatic rings. The summed E-state index contributed by atoms with van der Waals surface area (Å²) in [5.41, 5.74) is 0. The van der Waals surface area contributed by atoms with Crippen molar-refractivity contribution in [3.8, 4) is 0 Å². The standard InChI is InChI=1S/C46H76O15P2/c1-3-5-7-8-9-10-11-12-13-14-15-16-17-22-30-36-46(51)61-44(40-60-63(55,56)59-38-43(49)37-58-62(52,53)54)39-57-45(50)35-29-21-19-18-20-26-32-42(48)34-28-24-23-27-33-41(47)31-25-6-4-2/h6,9-10,12-13,19-21,23-28,33-34,41-44,47-49H,3-5,7-8,11,14-18,22,29-32,35-40H2,1-2H3,(H,55,56)(H2,52,53,54)/b10-9-,13-12-,21-19-,24-23-,25-6-,26-20-,33-27+,34-28+/t41-,42+,43+,44-/m1/s1. The largest absolute Gasteiger partial charge is 0.472 e. The molecule has 0 radical (unpaired) electrons. The number of phosphoric ester groups is 2. The van der Waals surface area contributed by atoms with Crippen molar-refractivity contribution in [2.75, 3.05) is 26.4 Å². The molecule has 0 aliphatic rings. The van der Waals surface area contributed by atoms with Gasteiger partial charge in [0.2, 0.25) is 0 Å². The number of aliphatic hydroxyl groups excluding tert-OH is 3. The first kappa shape index (κ1) is 60.0. The van der Waals surface area contributed by atoms with Gasteiger partial charge in [-0.1, -0.05) is 143 Å². The van der Waals surface area contributed by atoms with Gasteiger partial charge in [-0.25, -0.2) is 9.13 Å². The van der Waals surface area contributed by atoms with Gasteiger partial charge >= 0.3 is 27.6 Å². The minimum Gasteiger partial charge on any atom is -0.462 e. The van der Waals surface area contributed by atoms with Crippen molar-refractivity contribution in [2.24, 2.45) is 0 Å². The van der Waals surface area contributed by atoms with Crippen molar-refractivity contribution in [3.63, 3.8) is 0 Å². The van der Waals surface area contributed by atoms with E-state index in [4.69, 9.17) is 23.8 Å². The number of esters is 2. The van der Waals surface area contributed by atoms with E-state index in [9.17, 15) is 38.9 Å². The normalized spacial score (nSPS) is 15.9. The second-order valence-electron chi connectivity index (χ2n) is 14.6. The van der Waals surface area contributed by atoms with Gasteiger partial charge in [-0.2, -0.15) is 0 Å². The van der Waals surface area contributed by atoms with E-state index in [2.05, 4.69) is 40.3 Å². The molecule has 6 N–H and O–H groups in total. The maximum atomic E-state index is 12.7. The van der Waals surface area contributed by atoms with Crippen LogP contribution in [-0.4, -0.2) is 92.8 Å². The highest BCUT2D eigenvalue weighted by atomic mass is 31.2. The number of ether oxygens (including phenoxy) is 2. The summed E-state index contributed by atoms with van der Waals surface area (Å²) < 4.78 is 47.6. The molecule has 15 nitrogen and oxygen atoms in total. The molecule has 63 heavy (non-hydrogen) atoms. The average molecular weight is 931 g/mol. The Kier molecular flexibility index (Phi) is 38.5. The van der Waals surface area contributed by atoms with Crippen LogP contribution in [0.25, 0.3) is 0 Å². The van der Waals surface area contributed by atoms with Gasteiger partial charge in [-0.3, -0.25) is 23.2 Å². The third kappa shape index (κ3) is 44.0. The highest BCUT2D eigenvalue weighted by Crippen LogP contribution is 2.43. The maximum Gasteiger partial charge on any atom is 0.472 e. The molecule has 0 saturated heterocycles. The van der Waals surface area contributed by atoms with E-state index in [0.29, 0.717) is 32.1 Å². The lowest BCUT2D eigenvalue weighted by Crippen LogP contribution is -2.29. The van der Waals surface area contributed by atoms with E-state index in [1.54, 1.807) is 42.5 Å². The predicted octanol–water partition coefficient (Wildman–Crippen LogP) is 9.28. The van der Waals surface area contributed by atoms with Crippen LogP contribution in [0.2, 0.25) is 0 Å². The summed E-state index contributed by atoms with van der Waals surface area (Å²) in [5.74, 6) is -1.22. The molecule has 17 heteroatoms. The van der Waals surface area contributed by atoms with Crippen LogP contribution >= 0.6 is 15.6 Å². The Hall–Kier alpha value is -3.04. The quantitative estimate of drug-likeness (QED) is 0.0110. The summed E-state index contributed by atoms with van der Waals surface area (Å²) in [5, 5.41) is 29.7. The van der Waals surface area contributed by atoms with Crippen molar-refractivity contribution in [1.29, 1.82) is 0 Å². The zero-order chi connectivity index (χ0) is 46.9. The van der Waals surface area contributed by atoms with E-state index in [1.165, 1.54) is 19.3 Å². The summed E-state index contributed by atoms with van der Waals surface area (Å²) in [6.45, 7) is 1.31. The Morgan fingerprint density at radius 1 is 0.540 bits per heavy atom. The lowest BCUT2D eigenvalue weighted by atomic mass is 10.1. The minimum atomic E-state index is -4.89. The minimum absolute atomic E-state index is 0.00492. The van der Waals surface area contributed by atoms with Crippen LogP contribution in [0, 0.1) is 0 Å². The van der Waals surface area contributed by atoms with Crippen LogP contribution < -0.4 is 0 Å². The molecule has 0 rings (SSSR count). The topological polar surface area (TPSA) is 236 Å². The van der Waals surface area contributed by atoms with Gasteiger partial charge in [0, 0.05) is 12.8 Å². The Morgan fingerprint density at radius 3 is 1.67 bits per heavy atom. The van der Waals surface area contributed by atoms with Crippen molar-refractivity contribution in [3.05, 3.63) is 97.2 Å². The van der Waals surface area contributed by atoms with E-state index >= 15 is 0 Å². The molecule has 0 heterocycles. The van der Waals surface area contributed by atoms with Gasteiger partial charge < -0.3 is 39.5 Å². The molecule has 0 aliphatic carbocycles. The van der Waals surface area contributed by atoms with E-state index in [1.807, 2.05) is 37.3 Å². The Bertz CT molecular complexity index is 1510. The second-order valence-corrected chi connectivity index (χ2v) is 17.3. The molecule has 0 fully saturated rings. The lowest BCUT2D eigenvalue weighted by molar-refractivity contribution is -0.161. The van der Waals surface area contributed by atoms with Crippen LogP contribution in [0.15, 0.2) is 97.2 Å². The van der Waals surface area contributed by atoms with Gasteiger partial charge in [0.05, 0.1) is 32.0 Å². The van der Waals surface area contributed by atoms with Gasteiger partial charge in [0.25, 0.3) is 0 Å². The fourth-order valence-electron chi connectivity index (χ4n) is 5.22. The van der Waals surface area contributed by atoms with Crippen LogP contribution in [-0.2, 0) is 41.8 Å². The van der Waals surface area contributed by atoms with Crippen molar-refractivity contribution < 1.29 is 71.8 Å². The summed E-state index contributed by atoms with van der Waals surface area (Å²) >= 11 is 0. The molecule has 0 saturated carbocycles. The molecule has 0 aromatic heterocycles. The number of carbonyl (C=O) groups excluding carboxylic acids is 2. The molecule has 0 bridgehead atoms. The first-order chi connectivity index (χ1) is 30.2. The van der Waals surface area contributed by atoms with Crippen molar-refractivity contribution in [2.45, 2.75) is 154 Å². The van der Waals surface area contributed by atoms with Crippen molar-refractivity contribution in [1.82, 2.24) is 0 Å². The monoisotopic (exact) mass is 930 g/mol. The van der Waals surface area contributed by atoms with Gasteiger partial charge in [-0.15, -0.1) is 0 Å². The van der Waals surface area contributed by atoms with Crippen LogP contribution in [0.1, 0.15) is 129 Å². The first-order valence-corrected chi connectivity index (χ1v) is 25.2. The molecular formula is C46H76O15P2. The lowest BCUT2D eigenvalue weighted by Gasteiger charge is -2.20. The van der Waals surface area contributed by atoms with Gasteiger partial charge in [-0.05, 0) is 70.6 Å². The molecule has 0 amide bonds. The van der Waals surface area contributed by atoms with Gasteiger partial charge in [0.1, 0.15) is 12.7 Å². The number of rotatable bonds is 40. The number of unbranched alkanes of at least 4 members (excludes halogenated alkanes) is 8.